The smallest absolute Gasteiger partial charge is 0.302 e. The predicted molar refractivity (Wildman–Crippen MR) is 83.3 cm³/mol. The first-order chi connectivity index (χ1) is 10.9. The fourth-order valence-electron chi connectivity index (χ4n) is 2.73. The standard InChI is InChI=1S/C15H21NO7S/c1-8(17)23-6-9-7-24(20,21)14-11(22-5)13(19)16(14)10(9)12(18)15(2,3)4/h11,14H,6-7H2,1-5H3/t11-,14-/m0/s1. The van der Waals surface area contributed by atoms with Gasteiger partial charge in [0.15, 0.2) is 27.1 Å². The van der Waals surface area contributed by atoms with E-state index >= 15 is 0 Å². The molecule has 134 valence electrons. The zero-order valence-corrected chi connectivity index (χ0v) is 15.1. The summed E-state index contributed by atoms with van der Waals surface area (Å²) in [5.41, 5.74) is -0.716. The predicted octanol–water partition coefficient (Wildman–Crippen LogP) is 0.0305. The normalized spacial score (nSPS) is 25.9. The van der Waals surface area contributed by atoms with Crippen molar-refractivity contribution in [2.45, 2.75) is 39.2 Å². The van der Waals surface area contributed by atoms with E-state index < -0.39 is 44.4 Å². The maximum atomic E-state index is 12.8. The van der Waals surface area contributed by atoms with Crippen molar-refractivity contribution < 1.29 is 32.3 Å². The zero-order valence-electron chi connectivity index (χ0n) is 14.3. The van der Waals surface area contributed by atoms with E-state index in [-0.39, 0.29) is 23.7 Å². The number of nitrogens with zero attached hydrogens (tertiary/aromatic N) is 1. The number of ketones is 1. The van der Waals surface area contributed by atoms with Crippen LogP contribution in [0.15, 0.2) is 11.3 Å². The minimum absolute atomic E-state index is 0.00174. The molecule has 2 rings (SSSR count). The van der Waals surface area contributed by atoms with Crippen LogP contribution in [0, 0.1) is 5.41 Å². The summed E-state index contributed by atoms with van der Waals surface area (Å²) < 4.78 is 34.8. The fourth-order valence-corrected chi connectivity index (χ4v) is 4.74. The summed E-state index contributed by atoms with van der Waals surface area (Å²) in [6.45, 7) is 5.84. The van der Waals surface area contributed by atoms with Crippen molar-refractivity contribution in [2.75, 3.05) is 19.5 Å². The molecule has 0 spiro atoms. The van der Waals surface area contributed by atoms with Crippen molar-refractivity contribution in [1.82, 2.24) is 4.90 Å². The van der Waals surface area contributed by atoms with E-state index in [1.807, 2.05) is 0 Å². The van der Waals surface area contributed by atoms with Crippen molar-refractivity contribution in [2.24, 2.45) is 5.41 Å². The van der Waals surface area contributed by atoms with Gasteiger partial charge in [0.2, 0.25) is 0 Å². The number of rotatable bonds is 4. The molecule has 0 N–H and O–H groups in total. The van der Waals surface area contributed by atoms with Gasteiger partial charge in [0.05, 0.1) is 11.4 Å². The Labute approximate surface area is 140 Å². The number of fused-ring (bicyclic) bond motifs is 1. The lowest BCUT2D eigenvalue weighted by Gasteiger charge is -2.49. The monoisotopic (exact) mass is 359 g/mol. The molecule has 2 aliphatic heterocycles. The summed E-state index contributed by atoms with van der Waals surface area (Å²) in [4.78, 5) is 37.1. The molecule has 0 bridgehead atoms. The molecule has 0 aliphatic carbocycles. The van der Waals surface area contributed by atoms with Crippen LogP contribution in [0.25, 0.3) is 0 Å². The lowest BCUT2D eigenvalue weighted by atomic mass is 9.85. The van der Waals surface area contributed by atoms with Gasteiger partial charge in [0.25, 0.3) is 5.91 Å². The summed E-state index contributed by atoms with van der Waals surface area (Å²) >= 11 is 0. The van der Waals surface area contributed by atoms with Crippen LogP contribution in [-0.2, 0) is 33.7 Å². The van der Waals surface area contributed by atoms with Crippen LogP contribution in [0.2, 0.25) is 0 Å². The average Bonchev–Trinajstić information content (AvgIpc) is 2.43. The minimum atomic E-state index is -3.75. The average molecular weight is 359 g/mol. The number of carbonyl (C=O) groups is 3. The minimum Gasteiger partial charge on any atom is -0.461 e. The van der Waals surface area contributed by atoms with Gasteiger partial charge in [0, 0.05) is 25.0 Å². The summed E-state index contributed by atoms with van der Waals surface area (Å²) in [6, 6.07) is 0. The number of carbonyl (C=O) groups excluding carboxylic acids is 3. The van der Waals surface area contributed by atoms with E-state index in [0.717, 1.165) is 4.90 Å². The Kier molecular flexibility index (Phi) is 4.62. The van der Waals surface area contributed by atoms with Crippen LogP contribution in [0.4, 0.5) is 0 Å². The van der Waals surface area contributed by atoms with Crippen molar-refractivity contribution in [1.29, 1.82) is 0 Å². The molecule has 2 heterocycles. The van der Waals surface area contributed by atoms with Crippen molar-refractivity contribution in [3.8, 4) is 0 Å². The molecule has 1 fully saturated rings. The highest BCUT2D eigenvalue weighted by Crippen LogP contribution is 2.40. The van der Waals surface area contributed by atoms with Gasteiger partial charge in [-0.05, 0) is 0 Å². The van der Waals surface area contributed by atoms with Gasteiger partial charge in [-0.25, -0.2) is 8.42 Å². The van der Waals surface area contributed by atoms with Crippen LogP contribution in [0.5, 0.6) is 0 Å². The quantitative estimate of drug-likeness (QED) is 0.515. The maximum absolute atomic E-state index is 12.8. The van der Waals surface area contributed by atoms with E-state index in [4.69, 9.17) is 9.47 Å². The number of esters is 1. The molecule has 0 aromatic rings. The Morgan fingerprint density at radius 1 is 1.29 bits per heavy atom. The van der Waals surface area contributed by atoms with Gasteiger partial charge in [-0.2, -0.15) is 0 Å². The molecular formula is C15H21NO7S. The molecule has 0 radical (unpaired) electrons. The molecule has 1 saturated heterocycles. The largest absolute Gasteiger partial charge is 0.461 e. The third kappa shape index (κ3) is 2.98. The van der Waals surface area contributed by atoms with E-state index in [1.165, 1.54) is 14.0 Å². The van der Waals surface area contributed by atoms with Crippen LogP contribution in [0.1, 0.15) is 27.7 Å². The van der Waals surface area contributed by atoms with Crippen LogP contribution in [-0.4, -0.2) is 61.9 Å². The first kappa shape index (κ1) is 18.6. The molecule has 2 atom stereocenters. The van der Waals surface area contributed by atoms with Gasteiger partial charge >= 0.3 is 5.97 Å². The third-order valence-electron chi connectivity index (χ3n) is 3.91. The molecule has 0 saturated carbocycles. The van der Waals surface area contributed by atoms with E-state index in [1.54, 1.807) is 20.8 Å². The Morgan fingerprint density at radius 3 is 2.33 bits per heavy atom. The molecule has 0 aromatic carbocycles. The molecular weight excluding hydrogens is 338 g/mol. The van der Waals surface area contributed by atoms with Gasteiger partial charge in [-0.15, -0.1) is 0 Å². The molecule has 1 amide bonds. The van der Waals surface area contributed by atoms with Gasteiger partial charge in [-0.1, -0.05) is 20.8 Å². The second-order valence-electron chi connectivity index (χ2n) is 6.87. The molecule has 0 aromatic heterocycles. The Balaban J connectivity index is 2.56. The number of Topliss-reactive ketones (excluding diaryl/α,β-unsaturated/α-hetero) is 1. The number of β-lactam (4-membered cyclic amide) rings is 1. The van der Waals surface area contributed by atoms with Gasteiger partial charge < -0.3 is 9.47 Å². The van der Waals surface area contributed by atoms with Crippen molar-refractivity contribution in [3.05, 3.63) is 11.3 Å². The number of ether oxygens (including phenoxy) is 2. The van der Waals surface area contributed by atoms with Crippen LogP contribution >= 0.6 is 0 Å². The number of sulfone groups is 1. The summed E-state index contributed by atoms with van der Waals surface area (Å²) in [5.74, 6) is -2.02. The highest BCUT2D eigenvalue weighted by Gasteiger charge is 2.60. The van der Waals surface area contributed by atoms with E-state index in [9.17, 15) is 22.8 Å². The topological polar surface area (TPSA) is 107 Å². The number of amides is 1. The van der Waals surface area contributed by atoms with Gasteiger partial charge in [-0.3, -0.25) is 19.3 Å². The summed E-state index contributed by atoms with van der Waals surface area (Å²) in [5, 5.41) is -1.21. The Bertz CT molecular complexity index is 729. The zero-order chi connectivity index (χ0) is 18.4. The third-order valence-corrected chi connectivity index (χ3v) is 5.86. The van der Waals surface area contributed by atoms with Crippen molar-refractivity contribution in [3.63, 3.8) is 0 Å². The SMILES string of the molecule is CO[C@H]1C(=O)N2C(C(=O)C(C)(C)C)=C(COC(C)=O)CS(=O)(=O)[C@@H]12. The Morgan fingerprint density at radius 2 is 1.88 bits per heavy atom. The first-order valence-electron chi connectivity index (χ1n) is 7.39. The van der Waals surface area contributed by atoms with Crippen molar-refractivity contribution >= 4 is 27.5 Å². The first-order valence-corrected chi connectivity index (χ1v) is 9.11. The lowest BCUT2D eigenvalue weighted by Crippen LogP contribution is -2.71. The molecule has 0 unspecified atom stereocenters. The van der Waals surface area contributed by atoms with Crippen LogP contribution < -0.4 is 0 Å². The number of allylic oxidation sites excluding steroid dienone is 1. The molecule has 8 nitrogen and oxygen atoms in total. The highest BCUT2D eigenvalue weighted by molar-refractivity contribution is 7.92. The molecule has 9 heteroatoms. The number of hydrogen-bond donors (Lipinski definition) is 0. The van der Waals surface area contributed by atoms with E-state index in [0.29, 0.717) is 0 Å². The lowest BCUT2D eigenvalue weighted by molar-refractivity contribution is -0.161. The summed E-state index contributed by atoms with van der Waals surface area (Å²) in [6.07, 6.45) is -1.12. The number of hydrogen-bond acceptors (Lipinski definition) is 7. The Hall–Kier alpha value is -1.74. The molecule has 24 heavy (non-hydrogen) atoms. The summed E-state index contributed by atoms with van der Waals surface area (Å²) in [7, 11) is -2.50. The van der Waals surface area contributed by atoms with Gasteiger partial charge in [0.1, 0.15) is 6.61 Å². The van der Waals surface area contributed by atoms with Crippen LogP contribution in [0.3, 0.4) is 0 Å². The maximum Gasteiger partial charge on any atom is 0.302 e. The highest BCUT2D eigenvalue weighted by atomic mass is 32.2. The second-order valence-corrected chi connectivity index (χ2v) is 8.97. The fraction of sp³-hybridized carbons (Fsp3) is 0.667. The second kappa shape index (κ2) is 5.96. The van der Waals surface area contributed by atoms with E-state index in [2.05, 4.69) is 0 Å². The number of methoxy groups -OCH3 is 1. The molecule has 2 aliphatic rings.